The molecule has 0 atom stereocenters. The third kappa shape index (κ3) is 3.17. The second-order valence-electron chi connectivity index (χ2n) is 6.78. The molecular formula is C18H18BrClN2OS. The predicted octanol–water partition coefficient (Wildman–Crippen LogP) is 6.10. The van der Waals surface area contributed by atoms with Crippen molar-refractivity contribution in [3.05, 3.63) is 50.5 Å². The highest BCUT2D eigenvalue weighted by Gasteiger charge is 2.26. The fourth-order valence-corrected chi connectivity index (χ4v) is 3.91. The quantitative estimate of drug-likeness (QED) is 0.542. The minimum Gasteiger partial charge on any atom is -0.507 e. The van der Waals surface area contributed by atoms with Crippen LogP contribution in [0.25, 0.3) is 0 Å². The van der Waals surface area contributed by atoms with Gasteiger partial charge in [-0.1, -0.05) is 48.3 Å². The SMILES string of the molecule is Cc1c(Br)cc(C(C)(C)C)c(O)c1C1=Nc2cc(Cl)ccc2SN1. The van der Waals surface area contributed by atoms with Gasteiger partial charge in [-0.2, -0.15) is 0 Å². The maximum atomic E-state index is 10.9. The van der Waals surface area contributed by atoms with E-state index in [1.807, 2.05) is 31.2 Å². The number of hydrogen-bond donors (Lipinski definition) is 2. The molecule has 0 aliphatic carbocycles. The van der Waals surface area contributed by atoms with E-state index in [0.29, 0.717) is 16.4 Å². The van der Waals surface area contributed by atoms with Gasteiger partial charge in [0.1, 0.15) is 11.6 Å². The summed E-state index contributed by atoms with van der Waals surface area (Å²) in [6.45, 7) is 8.20. The maximum Gasteiger partial charge on any atom is 0.148 e. The number of aromatic hydroxyl groups is 1. The van der Waals surface area contributed by atoms with Crippen LogP contribution in [0.1, 0.15) is 37.5 Å². The van der Waals surface area contributed by atoms with Crippen molar-refractivity contribution in [2.24, 2.45) is 4.99 Å². The minimum atomic E-state index is -0.182. The van der Waals surface area contributed by atoms with E-state index in [4.69, 9.17) is 11.6 Å². The first-order valence-electron chi connectivity index (χ1n) is 7.52. The zero-order valence-electron chi connectivity index (χ0n) is 13.9. The lowest BCUT2D eigenvalue weighted by molar-refractivity contribution is 0.445. The Morgan fingerprint density at radius 3 is 2.62 bits per heavy atom. The van der Waals surface area contributed by atoms with Gasteiger partial charge in [-0.3, -0.25) is 0 Å². The summed E-state index contributed by atoms with van der Waals surface area (Å²) in [5, 5.41) is 11.6. The zero-order chi connectivity index (χ0) is 17.6. The molecule has 3 rings (SSSR count). The van der Waals surface area contributed by atoms with E-state index < -0.39 is 0 Å². The van der Waals surface area contributed by atoms with Gasteiger partial charge in [-0.15, -0.1) is 0 Å². The van der Waals surface area contributed by atoms with Crippen LogP contribution in [0, 0.1) is 6.92 Å². The molecular weight excluding hydrogens is 408 g/mol. The molecule has 6 heteroatoms. The number of halogens is 2. The predicted molar refractivity (Wildman–Crippen MR) is 106 cm³/mol. The summed E-state index contributed by atoms with van der Waals surface area (Å²) in [4.78, 5) is 5.69. The average molecular weight is 426 g/mol. The van der Waals surface area contributed by atoms with Crippen molar-refractivity contribution in [2.75, 3.05) is 0 Å². The summed E-state index contributed by atoms with van der Waals surface area (Å²) in [7, 11) is 0. The van der Waals surface area contributed by atoms with Crippen LogP contribution in [0.3, 0.4) is 0 Å². The molecule has 2 N–H and O–H groups in total. The smallest absolute Gasteiger partial charge is 0.148 e. The first-order chi connectivity index (χ1) is 11.2. The minimum absolute atomic E-state index is 0.182. The van der Waals surface area contributed by atoms with Crippen molar-refractivity contribution in [3.8, 4) is 5.75 Å². The highest BCUT2D eigenvalue weighted by Crippen LogP contribution is 2.41. The molecule has 1 aliphatic rings. The van der Waals surface area contributed by atoms with E-state index in [9.17, 15) is 5.11 Å². The Balaban J connectivity index is 2.22. The summed E-state index contributed by atoms with van der Waals surface area (Å²) in [6.07, 6.45) is 0. The van der Waals surface area contributed by atoms with Gasteiger partial charge in [-0.05, 0) is 54.1 Å². The van der Waals surface area contributed by atoms with Crippen molar-refractivity contribution in [1.29, 1.82) is 0 Å². The summed E-state index contributed by atoms with van der Waals surface area (Å²) < 4.78 is 4.19. The number of nitrogens with zero attached hydrogens (tertiary/aromatic N) is 1. The molecule has 0 bridgehead atoms. The number of nitrogens with one attached hydrogen (secondary N) is 1. The van der Waals surface area contributed by atoms with Gasteiger partial charge in [0.25, 0.3) is 0 Å². The van der Waals surface area contributed by atoms with Crippen molar-refractivity contribution < 1.29 is 5.11 Å². The highest BCUT2D eigenvalue weighted by molar-refractivity contribution is 9.10. The average Bonchev–Trinajstić information content (AvgIpc) is 2.49. The Bertz CT molecular complexity index is 859. The molecule has 2 aromatic rings. The molecule has 0 radical (unpaired) electrons. The first kappa shape index (κ1) is 17.6. The van der Waals surface area contributed by atoms with Gasteiger partial charge >= 0.3 is 0 Å². The Labute approximate surface area is 159 Å². The topological polar surface area (TPSA) is 44.6 Å². The molecule has 0 fully saturated rings. The lowest BCUT2D eigenvalue weighted by Gasteiger charge is -2.25. The number of rotatable bonds is 1. The van der Waals surface area contributed by atoms with Crippen LogP contribution >= 0.6 is 39.5 Å². The monoisotopic (exact) mass is 424 g/mol. The highest BCUT2D eigenvalue weighted by atomic mass is 79.9. The molecule has 2 aromatic carbocycles. The second-order valence-corrected chi connectivity index (χ2v) is 8.92. The van der Waals surface area contributed by atoms with Crippen LogP contribution in [0.15, 0.2) is 38.6 Å². The molecule has 0 unspecified atom stereocenters. The van der Waals surface area contributed by atoms with Crippen LogP contribution in [0.5, 0.6) is 5.75 Å². The largest absolute Gasteiger partial charge is 0.507 e. The van der Waals surface area contributed by atoms with Gasteiger partial charge in [0.05, 0.1) is 16.1 Å². The fourth-order valence-electron chi connectivity index (χ4n) is 2.61. The Hall–Kier alpha value is -1.17. The number of phenols is 1. The standard InChI is InChI=1S/C18H18BrClN2OS/c1-9-12(19)8-11(18(2,3)4)16(23)15(9)17-21-13-7-10(20)5-6-14(13)24-22-17/h5-8,23H,1-4H3,(H,21,22). The van der Waals surface area contributed by atoms with Crippen molar-refractivity contribution in [3.63, 3.8) is 0 Å². The number of fused-ring (bicyclic) bond motifs is 1. The lowest BCUT2D eigenvalue weighted by Crippen LogP contribution is -2.23. The van der Waals surface area contributed by atoms with Gasteiger partial charge in [0.15, 0.2) is 0 Å². The molecule has 0 saturated carbocycles. The molecule has 1 heterocycles. The third-order valence-electron chi connectivity index (χ3n) is 3.95. The number of benzene rings is 2. The van der Waals surface area contributed by atoms with Gasteiger partial charge in [0, 0.05) is 15.1 Å². The summed E-state index contributed by atoms with van der Waals surface area (Å²) in [5.74, 6) is 0.900. The molecule has 3 nitrogen and oxygen atoms in total. The van der Waals surface area contributed by atoms with E-state index in [1.165, 1.54) is 11.9 Å². The first-order valence-corrected chi connectivity index (χ1v) is 9.51. The summed E-state index contributed by atoms with van der Waals surface area (Å²) >= 11 is 11.2. The molecule has 0 saturated heterocycles. The van der Waals surface area contributed by atoms with Crippen LogP contribution in [-0.4, -0.2) is 10.9 Å². The van der Waals surface area contributed by atoms with Gasteiger partial charge < -0.3 is 9.83 Å². The number of phenolic OH excluding ortho intramolecular Hbond substituents is 1. The zero-order valence-corrected chi connectivity index (χ0v) is 17.0. The molecule has 0 spiro atoms. The van der Waals surface area contributed by atoms with Crippen LogP contribution in [-0.2, 0) is 5.41 Å². The molecule has 1 aliphatic heterocycles. The van der Waals surface area contributed by atoms with E-state index in [-0.39, 0.29) is 11.2 Å². The van der Waals surface area contributed by atoms with Crippen molar-refractivity contribution >= 4 is 51.0 Å². The molecule has 0 aromatic heterocycles. The van der Waals surface area contributed by atoms with Gasteiger partial charge in [0.2, 0.25) is 0 Å². The molecule has 24 heavy (non-hydrogen) atoms. The number of hydrogen-bond acceptors (Lipinski definition) is 4. The third-order valence-corrected chi connectivity index (χ3v) is 5.87. The number of amidine groups is 1. The summed E-state index contributed by atoms with van der Waals surface area (Å²) in [6, 6.07) is 7.59. The van der Waals surface area contributed by atoms with Crippen LogP contribution < -0.4 is 4.72 Å². The molecule has 126 valence electrons. The van der Waals surface area contributed by atoms with Gasteiger partial charge in [-0.25, -0.2) is 4.99 Å². The second kappa shape index (κ2) is 6.28. The van der Waals surface area contributed by atoms with E-state index in [2.05, 4.69) is 46.4 Å². The lowest BCUT2D eigenvalue weighted by atomic mass is 9.84. The van der Waals surface area contributed by atoms with E-state index in [1.54, 1.807) is 0 Å². The Morgan fingerprint density at radius 1 is 1.25 bits per heavy atom. The van der Waals surface area contributed by atoms with E-state index in [0.717, 1.165) is 26.2 Å². The number of aliphatic imine (C=N–C) groups is 1. The fraction of sp³-hybridized carbons (Fsp3) is 0.278. The van der Waals surface area contributed by atoms with E-state index >= 15 is 0 Å². The Morgan fingerprint density at radius 2 is 1.96 bits per heavy atom. The van der Waals surface area contributed by atoms with Crippen LogP contribution in [0.2, 0.25) is 5.02 Å². The maximum absolute atomic E-state index is 10.9. The summed E-state index contributed by atoms with van der Waals surface area (Å²) in [5.41, 5.74) is 3.16. The van der Waals surface area contributed by atoms with Crippen molar-refractivity contribution in [2.45, 2.75) is 38.0 Å². The van der Waals surface area contributed by atoms with Crippen LogP contribution in [0.4, 0.5) is 5.69 Å². The normalized spacial score (nSPS) is 14.0. The Kier molecular flexibility index (Phi) is 4.62. The van der Waals surface area contributed by atoms with Crippen molar-refractivity contribution in [1.82, 2.24) is 4.72 Å². The molecule has 0 amide bonds.